The van der Waals surface area contributed by atoms with Gasteiger partial charge in [0.15, 0.2) is 0 Å². The molecule has 5 heteroatoms. The van der Waals surface area contributed by atoms with Crippen molar-refractivity contribution in [3.63, 3.8) is 0 Å². The Kier molecular flexibility index (Phi) is 4.45. The Balaban J connectivity index is 1.75. The predicted octanol–water partition coefficient (Wildman–Crippen LogP) is 0.889. The van der Waals surface area contributed by atoms with Crippen LogP contribution in [-0.4, -0.2) is 61.8 Å². The van der Waals surface area contributed by atoms with Gasteiger partial charge in [-0.1, -0.05) is 6.42 Å². The van der Waals surface area contributed by atoms with Crippen LogP contribution in [0.4, 0.5) is 4.79 Å². The van der Waals surface area contributed by atoms with Crippen LogP contribution in [0.1, 0.15) is 26.2 Å². The number of hydrogen-bond donors (Lipinski definition) is 1. The zero-order valence-corrected chi connectivity index (χ0v) is 11.4. The SMILES string of the molecule is CCOC(=O)N1CCN(CC2(CN)CCC2)CC1. The lowest BCUT2D eigenvalue weighted by atomic mass is 9.68. The summed E-state index contributed by atoms with van der Waals surface area (Å²) in [6.45, 7) is 7.64. The molecule has 5 nitrogen and oxygen atoms in total. The Bertz CT molecular complexity index is 278. The topological polar surface area (TPSA) is 58.8 Å². The van der Waals surface area contributed by atoms with Crippen molar-refractivity contribution in [3.8, 4) is 0 Å². The molecule has 18 heavy (non-hydrogen) atoms. The number of ether oxygens (including phenoxy) is 1. The van der Waals surface area contributed by atoms with Gasteiger partial charge < -0.3 is 15.4 Å². The van der Waals surface area contributed by atoms with Crippen LogP contribution < -0.4 is 5.73 Å². The molecule has 0 aromatic heterocycles. The molecule has 2 N–H and O–H groups in total. The third-order valence-corrected chi connectivity index (χ3v) is 4.30. The summed E-state index contributed by atoms with van der Waals surface area (Å²) in [5.41, 5.74) is 6.26. The van der Waals surface area contributed by atoms with Crippen molar-refractivity contribution in [1.82, 2.24) is 9.80 Å². The van der Waals surface area contributed by atoms with Crippen molar-refractivity contribution < 1.29 is 9.53 Å². The standard InChI is InChI=1S/C13H25N3O2/c1-2-18-12(17)16-8-6-15(7-9-16)11-13(10-14)4-3-5-13/h2-11,14H2,1H3. The molecule has 0 aromatic rings. The van der Waals surface area contributed by atoms with Gasteiger partial charge in [-0.05, 0) is 31.7 Å². The number of piperazine rings is 1. The van der Waals surface area contributed by atoms with Crippen molar-refractivity contribution >= 4 is 6.09 Å². The second-order valence-electron chi connectivity index (χ2n) is 5.52. The summed E-state index contributed by atoms with van der Waals surface area (Å²) < 4.78 is 5.02. The minimum Gasteiger partial charge on any atom is -0.450 e. The summed E-state index contributed by atoms with van der Waals surface area (Å²) in [6.07, 6.45) is 3.68. The second-order valence-corrected chi connectivity index (χ2v) is 5.52. The first-order valence-electron chi connectivity index (χ1n) is 7.03. The number of nitrogens with two attached hydrogens (primary N) is 1. The minimum absolute atomic E-state index is 0.172. The van der Waals surface area contributed by atoms with E-state index in [0.717, 1.165) is 39.3 Å². The normalized spacial score (nSPS) is 23.6. The summed E-state index contributed by atoms with van der Waals surface area (Å²) in [6, 6.07) is 0. The molecule has 1 saturated heterocycles. The van der Waals surface area contributed by atoms with Gasteiger partial charge in [-0.15, -0.1) is 0 Å². The lowest BCUT2D eigenvalue weighted by molar-refractivity contribution is 0.0377. The number of carbonyl (C=O) groups is 1. The fourth-order valence-corrected chi connectivity index (χ4v) is 2.88. The van der Waals surface area contributed by atoms with Crippen LogP contribution >= 0.6 is 0 Å². The average Bonchev–Trinajstić information content (AvgIpc) is 2.35. The van der Waals surface area contributed by atoms with Crippen molar-refractivity contribution in [2.75, 3.05) is 45.9 Å². The van der Waals surface area contributed by atoms with E-state index in [2.05, 4.69) is 4.90 Å². The van der Waals surface area contributed by atoms with Crippen molar-refractivity contribution in [2.24, 2.45) is 11.1 Å². The van der Waals surface area contributed by atoms with Crippen LogP contribution in [0.25, 0.3) is 0 Å². The van der Waals surface area contributed by atoms with Gasteiger partial charge in [0.1, 0.15) is 0 Å². The fourth-order valence-electron chi connectivity index (χ4n) is 2.88. The fraction of sp³-hybridized carbons (Fsp3) is 0.923. The van der Waals surface area contributed by atoms with E-state index in [1.807, 2.05) is 6.92 Å². The highest BCUT2D eigenvalue weighted by molar-refractivity contribution is 5.67. The highest BCUT2D eigenvalue weighted by atomic mass is 16.6. The molecule has 0 bridgehead atoms. The maximum Gasteiger partial charge on any atom is 0.409 e. The summed E-state index contributed by atoms with van der Waals surface area (Å²) in [4.78, 5) is 15.8. The lowest BCUT2D eigenvalue weighted by Crippen LogP contribution is -2.54. The van der Waals surface area contributed by atoms with Gasteiger partial charge >= 0.3 is 6.09 Å². The zero-order chi connectivity index (χ0) is 13.0. The maximum atomic E-state index is 11.6. The van der Waals surface area contributed by atoms with Crippen LogP contribution in [0.2, 0.25) is 0 Å². The molecule has 0 atom stereocenters. The summed E-state index contributed by atoms with van der Waals surface area (Å²) in [5, 5.41) is 0. The first-order valence-corrected chi connectivity index (χ1v) is 7.03. The van der Waals surface area contributed by atoms with Gasteiger partial charge in [0.25, 0.3) is 0 Å². The van der Waals surface area contributed by atoms with Gasteiger partial charge in [0, 0.05) is 32.7 Å². The van der Waals surface area contributed by atoms with E-state index in [9.17, 15) is 4.79 Å². The van der Waals surface area contributed by atoms with Gasteiger partial charge in [0.2, 0.25) is 0 Å². The Morgan fingerprint density at radius 3 is 2.39 bits per heavy atom. The average molecular weight is 255 g/mol. The second kappa shape index (κ2) is 5.89. The third-order valence-electron chi connectivity index (χ3n) is 4.30. The van der Waals surface area contributed by atoms with E-state index in [1.54, 1.807) is 4.90 Å². The number of amides is 1. The van der Waals surface area contributed by atoms with E-state index in [1.165, 1.54) is 19.3 Å². The van der Waals surface area contributed by atoms with Crippen LogP contribution in [0.15, 0.2) is 0 Å². The van der Waals surface area contributed by atoms with Crippen molar-refractivity contribution in [1.29, 1.82) is 0 Å². The van der Waals surface area contributed by atoms with Crippen LogP contribution in [0, 0.1) is 5.41 Å². The summed E-state index contributed by atoms with van der Waals surface area (Å²) in [7, 11) is 0. The molecule has 1 aliphatic carbocycles. The first-order chi connectivity index (χ1) is 8.69. The number of carbonyl (C=O) groups excluding carboxylic acids is 1. The number of hydrogen-bond acceptors (Lipinski definition) is 4. The molecule has 1 saturated carbocycles. The van der Waals surface area contributed by atoms with Crippen LogP contribution in [0.5, 0.6) is 0 Å². The smallest absolute Gasteiger partial charge is 0.409 e. The third kappa shape index (κ3) is 2.95. The first kappa shape index (κ1) is 13.6. The minimum atomic E-state index is -0.172. The van der Waals surface area contributed by atoms with Gasteiger partial charge in [-0.25, -0.2) is 4.79 Å². The maximum absolute atomic E-state index is 11.6. The molecule has 2 rings (SSSR count). The summed E-state index contributed by atoms with van der Waals surface area (Å²) >= 11 is 0. The Labute approximate surface area is 109 Å². The molecule has 0 radical (unpaired) electrons. The monoisotopic (exact) mass is 255 g/mol. The van der Waals surface area contributed by atoms with E-state index >= 15 is 0 Å². The highest BCUT2D eigenvalue weighted by Crippen LogP contribution is 2.40. The van der Waals surface area contributed by atoms with Crippen LogP contribution in [0.3, 0.4) is 0 Å². The van der Waals surface area contributed by atoms with E-state index < -0.39 is 0 Å². The van der Waals surface area contributed by atoms with Gasteiger partial charge in [-0.3, -0.25) is 4.90 Å². The van der Waals surface area contributed by atoms with Gasteiger partial charge in [0.05, 0.1) is 6.61 Å². The Morgan fingerprint density at radius 2 is 1.94 bits per heavy atom. The molecular formula is C13H25N3O2. The Morgan fingerprint density at radius 1 is 1.28 bits per heavy atom. The molecule has 104 valence electrons. The molecule has 2 aliphatic rings. The molecular weight excluding hydrogens is 230 g/mol. The largest absolute Gasteiger partial charge is 0.450 e. The van der Waals surface area contributed by atoms with Crippen LogP contribution in [-0.2, 0) is 4.74 Å². The molecule has 1 amide bonds. The predicted molar refractivity (Wildman–Crippen MR) is 70.4 cm³/mol. The number of rotatable bonds is 4. The molecule has 0 spiro atoms. The Hall–Kier alpha value is -0.810. The quantitative estimate of drug-likeness (QED) is 0.810. The van der Waals surface area contributed by atoms with Crippen molar-refractivity contribution in [3.05, 3.63) is 0 Å². The highest BCUT2D eigenvalue weighted by Gasteiger charge is 2.37. The van der Waals surface area contributed by atoms with E-state index in [4.69, 9.17) is 10.5 Å². The summed E-state index contributed by atoms with van der Waals surface area (Å²) in [5.74, 6) is 0. The molecule has 0 aromatic carbocycles. The van der Waals surface area contributed by atoms with E-state index in [0.29, 0.717) is 12.0 Å². The molecule has 1 aliphatic heterocycles. The molecule has 0 unspecified atom stereocenters. The number of nitrogens with zero attached hydrogens (tertiary/aromatic N) is 2. The van der Waals surface area contributed by atoms with Crippen molar-refractivity contribution in [2.45, 2.75) is 26.2 Å². The van der Waals surface area contributed by atoms with E-state index in [-0.39, 0.29) is 6.09 Å². The lowest BCUT2D eigenvalue weighted by Gasteiger charge is -2.46. The zero-order valence-electron chi connectivity index (χ0n) is 11.4. The molecule has 1 heterocycles. The molecule has 2 fully saturated rings. The van der Waals surface area contributed by atoms with Gasteiger partial charge in [-0.2, -0.15) is 0 Å².